The fourth-order valence-electron chi connectivity index (χ4n) is 8.41. The zero-order chi connectivity index (χ0) is 65.8. The van der Waals surface area contributed by atoms with Crippen LogP contribution in [0.5, 0.6) is 0 Å². The Morgan fingerprint density at radius 3 is 1.31 bits per heavy atom. The molecule has 0 saturated heterocycles. The number of carboxylic acid groups (broad SMARTS) is 2. The molecule has 32 heteroatoms. The van der Waals surface area contributed by atoms with E-state index < -0.39 is 169 Å². The van der Waals surface area contributed by atoms with Crippen LogP contribution in [-0.2, 0) is 57.5 Å². The minimum absolute atomic E-state index is 0.00576. The van der Waals surface area contributed by atoms with Crippen molar-refractivity contribution < 1.29 is 72.9 Å². The number of primary amides is 1. The summed E-state index contributed by atoms with van der Waals surface area (Å²) in [6.45, 7) is 11.9. The van der Waals surface area contributed by atoms with Crippen LogP contribution in [0.4, 0.5) is 0 Å². The summed E-state index contributed by atoms with van der Waals surface area (Å²) in [6.07, 6.45) is 1.24. The largest absolute Gasteiger partial charge is 0.481 e. The van der Waals surface area contributed by atoms with Crippen molar-refractivity contribution in [2.24, 2.45) is 51.4 Å². The SMILES string of the molecule is CC[C@H](C)[C@H](NC(=O)[C@H](CC(C)C)NC(=O)[C@@H](N)CCSC)C(=O)N[C@H](C(=O)N[C@@H](CCCN=C(N)N)C(=O)N[C@@H](CCC(=O)O)C(=O)N[C@@H](CCC(N)=O)C(=O)N[C@@H](CC(C)C)C(=O)N[C@@H](CCSC)C(=O)N[C@@H](CCCCN)C(=O)O)[C@@H](C)O. The molecule has 12 atom stereocenters. The predicted molar refractivity (Wildman–Crippen MR) is 327 cm³/mol. The molecule has 0 aliphatic rings. The fourth-order valence-corrected chi connectivity index (χ4v) is 9.37. The van der Waals surface area contributed by atoms with Gasteiger partial charge >= 0.3 is 11.9 Å². The molecule has 0 fully saturated rings. The molecule has 0 aromatic rings. The second kappa shape index (κ2) is 43.2. The average Bonchev–Trinajstić information content (AvgIpc) is 2.86. The molecule has 0 saturated carbocycles. The number of rotatable bonds is 46. The molecule has 0 bridgehead atoms. The molecule has 0 aliphatic heterocycles. The third kappa shape index (κ3) is 32.8. The normalized spacial score (nSPS) is 15.4. The molecule has 0 aromatic heterocycles. The van der Waals surface area contributed by atoms with Crippen LogP contribution >= 0.6 is 23.5 Å². The van der Waals surface area contributed by atoms with Crippen molar-refractivity contribution in [3.8, 4) is 0 Å². The lowest BCUT2D eigenvalue weighted by molar-refractivity contribution is -0.142. The predicted octanol–water partition coefficient (Wildman–Crippen LogP) is -2.90. The minimum Gasteiger partial charge on any atom is -0.481 e. The number of carboxylic acids is 2. The Labute approximate surface area is 512 Å². The Morgan fingerprint density at radius 2 is 0.872 bits per heavy atom. The van der Waals surface area contributed by atoms with E-state index in [4.69, 9.17) is 28.7 Å². The highest BCUT2D eigenvalue weighted by atomic mass is 32.2. The average molecular weight is 1260 g/mol. The first kappa shape index (κ1) is 79.5. The molecule has 22 N–H and O–H groups in total. The van der Waals surface area contributed by atoms with Gasteiger partial charge < -0.3 is 91.8 Å². The van der Waals surface area contributed by atoms with Crippen LogP contribution in [0.25, 0.3) is 0 Å². The van der Waals surface area contributed by atoms with Crippen LogP contribution in [0.1, 0.15) is 138 Å². The Hall–Kier alpha value is -6.51. The molecule has 0 spiro atoms. The molecule has 86 heavy (non-hydrogen) atoms. The van der Waals surface area contributed by atoms with Gasteiger partial charge in [0.05, 0.1) is 12.1 Å². The van der Waals surface area contributed by atoms with E-state index >= 15 is 0 Å². The highest BCUT2D eigenvalue weighted by Crippen LogP contribution is 2.15. The van der Waals surface area contributed by atoms with Crippen molar-refractivity contribution >= 4 is 100 Å². The van der Waals surface area contributed by atoms with Gasteiger partial charge in [-0.2, -0.15) is 23.5 Å². The zero-order valence-electron chi connectivity index (χ0n) is 51.2. The standard InChI is InChI=1S/C54H99N15O15S2/c1-10-30(6)42(68-50(80)39(27-29(4)5)66-44(74)32(56)20-24-85-8)51(81)69-43(31(7)70)52(82)64-33(15-13-23-60-54(58)59)45(75)62-35(17-19-41(72)73)46(76)61-34(16-18-40(57)71)47(77)67-38(26-28(2)3)49(79)63-36(21-25-86-9)48(78)65-37(53(83)84)14-11-12-22-55/h28-39,42-43,70H,10-27,55-56H2,1-9H3,(H2,57,71)(H,61,76)(H,62,75)(H,63,79)(H,64,82)(H,65,78)(H,66,74)(H,67,77)(H,68,80)(H,69,81)(H,72,73)(H,83,84)(H4,58,59,60)/t30-,31+,32-,33-,34-,35-,36-,37-,38-,39-,42-,43-/m0/s1. The van der Waals surface area contributed by atoms with Crippen molar-refractivity contribution in [2.75, 3.05) is 37.1 Å². The van der Waals surface area contributed by atoms with Crippen molar-refractivity contribution in [1.82, 2.24) is 47.9 Å². The van der Waals surface area contributed by atoms with Gasteiger partial charge in [0, 0.05) is 19.4 Å². The second-order valence-electron chi connectivity index (χ2n) is 22.0. The lowest BCUT2D eigenvalue weighted by Crippen LogP contribution is -2.62. The van der Waals surface area contributed by atoms with Gasteiger partial charge in [0.1, 0.15) is 54.4 Å². The van der Waals surface area contributed by atoms with Crippen molar-refractivity contribution in [3.63, 3.8) is 0 Å². The highest BCUT2D eigenvalue weighted by Gasteiger charge is 2.38. The van der Waals surface area contributed by atoms with Crippen LogP contribution < -0.4 is 76.5 Å². The van der Waals surface area contributed by atoms with Crippen LogP contribution in [0.15, 0.2) is 4.99 Å². The third-order valence-electron chi connectivity index (χ3n) is 13.5. The number of carbonyl (C=O) groups is 12. The fraction of sp³-hybridized carbons (Fsp3) is 0.759. The van der Waals surface area contributed by atoms with E-state index in [1.54, 1.807) is 34.0 Å². The molecule has 0 heterocycles. The van der Waals surface area contributed by atoms with Crippen molar-refractivity contribution in [2.45, 2.75) is 205 Å². The van der Waals surface area contributed by atoms with E-state index in [-0.39, 0.29) is 62.9 Å². The van der Waals surface area contributed by atoms with Crippen LogP contribution in [0.3, 0.4) is 0 Å². The maximum absolute atomic E-state index is 14.3. The smallest absolute Gasteiger partial charge is 0.326 e. The number of thioether (sulfide) groups is 2. The molecule has 492 valence electrons. The number of aliphatic hydroxyl groups excluding tert-OH is 1. The lowest BCUT2D eigenvalue weighted by atomic mass is 9.96. The zero-order valence-corrected chi connectivity index (χ0v) is 52.8. The molecule has 0 radical (unpaired) electrons. The summed E-state index contributed by atoms with van der Waals surface area (Å²) in [5, 5.41) is 53.2. The maximum atomic E-state index is 14.3. The van der Waals surface area contributed by atoms with Crippen molar-refractivity contribution in [3.05, 3.63) is 0 Å². The first-order valence-electron chi connectivity index (χ1n) is 29.0. The molecule has 0 aromatic carbocycles. The maximum Gasteiger partial charge on any atom is 0.326 e. The number of guanidine groups is 1. The molecular weight excluding hydrogens is 1160 g/mol. The Kier molecular flexibility index (Phi) is 39.9. The van der Waals surface area contributed by atoms with Gasteiger partial charge in [-0.3, -0.25) is 57.7 Å². The number of unbranched alkanes of at least 4 members (excludes halogenated alkanes) is 1. The number of hydrogen-bond acceptors (Lipinski definition) is 18. The number of hydrogen-bond donors (Lipinski definition) is 17. The first-order chi connectivity index (χ1) is 40.3. The van der Waals surface area contributed by atoms with E-state index in [9.17, 15) is 72.9 Å². The van der Waals surface area contributed by atoms with Gasteiger partial charge in [0.25, 0.3) is 0 Å². The van der Waals surface area contributed by atoms with Gasteiger partial charge in [-0.25, -0.2) is 4.79 Å². The van der Waals surface area contributed by atoms with E-state index in [1.807, 2.05) is 20.1 Å². The molecule has 0 aliphatic carbocycles. The molecule has 0 rings (SSSR count). The summed E-state index contributed by atoms with van der Waals surface area (Å²) in [5.41, 5.74) is 28.1. The third-order valence-corrected chi connectivity index (χ3v) is 14.8. The van der Waals surface area contributed by atoms with E-state index in [0.29, 0.717) is 43.7 Å². The summed E-state index contributed by atoms with van der Waals surface area (Å²) in [4.78, 5) is 165. The number of aliphatic imine (C=N–C) groups is 1. The van der Waals surface area contributed by atoms with Gasteiger partial charge in [0.2, 0.25) is 59.1 Å². The minimum atomic E-state index is -1.80. The van der Waals surface area contributed by atoms with Gasteiger partial charge in [-0.05, 0) is 126 Å². The summed E-state index contributed by atoms with van der Waals surface area (Å²) >= 11 is 2.84. The highest BCUT2D eigenvalue weighted by molar-refractivity contribution is 7.98. The topological polar surface area (TPSA) is 516 Å². The van der Waals surface area contributed by atoms with Gasteiger partial charge in [-0.1, -0.05) is 48.0 Å². The number of amides is 10. The molecular formula is C54H99N15O15S2. The Balaban J connectivity index is 7.08. The summed E-state index contributed by atoms with van der Waals surface area (Å²) in [5.74, 6) is -12.2. The quantitative estimate of drug-likeness (QED) is 0.0165. The number of carbonyl (C=O) groups excluding carboxylic acids is 10. The van der Waals surface area contributed by atoms with Crippen LogP contribution in [0.2, 0.25) is 0 Å². The number of aliphatic carboxylic acids is 2. The summed E-state index contributed by atoms with van der Waals surface area (Å²) in [6, 6.07) is -14.1. The Bertz CT molecular complexity index is 2240. The van der Waals surface area contributed by atoms with E-state index in [2.05, 4.69) is 52.8 Å². The second-order valence-corrected chi connectivity index (χ2v) is 23.9. The number of nitrogens with two attached hydrogens (primary N) is 5. The first-order valence-corrected chi connectivity index (χ1v) is 31.8. The lowest BCUT2D eigenvalue weighted by Gasteiger charge is -2.30. The van der Waals surface area contributed by atoms with E-state index in [0.717, 1.165) is 0 Å². The molecule has 0 unspecified atom stereocenters. The van der Waals surface area contributed by atoms with Gasteiger partial charge in [0.15, 0.2) is 5.96 Å². The van der Waals surface area contributed by atoms with Crippen LogP contribution in [0, 0.1) is 17.8 Å². The number of nitrogens with one attached hydrogen (secondary N) is 9. The number of nitrogens with zero attached hydrogens (tertiary/aromatic N) is 1. The van der Waals surface area contributed by atoms with Gasteiger partial charge in [-0.15, -0.1) is 0 Å². The van der Waals surface area contributed by atoms with Crippen LogP contribution in [-0.4, -0.2) is 196 Å². The summed E-state index contributed by atoms with van der Waals surface area (Å²) < 4.78 is 0. The molecule has 30 nitrogen and oxygen atoms in total. The Morgan fingerprint density at radius 1 is 0.477 bits per heavy atom. The number of aliphatic hydroxyl groups is 1. The van der Waals surface area contributed by atoms with E-state index in [1.165, 1.54) is 30.4 Å². The van der Waals surface area contributed by atoms with Crippen molar-refractivity contribution in [1.29, 1.82) is 0 Å². The molecule has 10 amide bonds. The summed E-state index contributed by atoms with van der Waals surface area (Å²) in [7, 11) is 0. The monoisotopic (exact) mass is 1260 g/mol.